The second-order valence-electron chi connectivity index (χ2n) is 7.15. The molecular weight excluding hydrogens is 378 g/mol. The highest BCUT2D eigenvalue weighted by Crippen LogP contribution is 2.30. The standard InChI is InChI=1S/C20H29N3O2S2/c1-4-22-11-13-23(14-12-22)20(19-6-5-15-26-19)17(3)21-27(24,25)18-9-7-16(2)8-10-18/h5-10,15,17,20-21H,4,11-14H2,1-3H3. The van der Waals surface area contributed by atoms with E-state index in [9.17, 15) is 8.42 Å². The van der Waals surface area contributed by atoms with Crippen LogP contribution in [-0.2, 0) is 10.0 Å². The lowest BCUT2D eigenvalue weighted by Gasteiger charge is -2.41. The summed E-state index contributed by atoms with van der Waals surface area (Å²) in [5.41, 5.74) is 1.05. The summed E-state index contributed by atoms with van der Waals surface area (Å²) in [5.74, 6) is 0. The van der Waals surface area contributed by atoms with Gasteiger partial charge in [-0.05, 0) is 44.0 Å². The molecule has 1 fully saturated rings. The van der Waals surface area contributed by atoms with Crippen molar-refractivity contribution in [1.29, 1.82) is 0 Å². The molecule has 0 amide bonds. The number of aryl methyl sites for hydroxylation is 1. The molecule has 1 saturated heterocycles. The van der Waals surface area contributed by atoms with E-state index in [0.717, 1.165) is 38.3 Å². The third-order valence-electron chi connectivity index (χ3n) is 5.23. The zero-order valence-electron chi connectivity index (χ0n) is 16.3. The van der Waals surface area contributed by atoms with Crippen LogP contribution < -0.4 is 4.72 Å². The second kappa shape index (κ2) is 8.84. The summed E-state index contributed by atoms with van der Waals surface area (Å²) in [4.78, 5) is 6.38. The summed E-state index contributed by atoms with van der Waals surface area (Å²) in [6.45, 7) is 11.1. The average molecular weight is 408 g/mol. The highest BCUT2D eigenvalue weighted by atomic mass is 32.2. The fourth-order valence-electron chi connectivity index (χ4n) is 3.65. The van der Waals surface area contributed by atoms with Gasteiger partial charge in [0.25, 0.3) is 0 Å². The zero-order valence-corrected chi connectivity index (χ0v) is 17.9. The predicted molar refractivity (Wildman–Crippen MR) is 112 cm³/mol. The molecule has 2 unspecified atom stereocenters. The van der Waals surface area contributed by atoms with Gasteiger partial charge >= 0.3 is 0 Å². The maximum Gasteiger partial charge on any atom is 0.240 e. The van der Waals surface area contributed by atoms with Crippen molar-refractivity contribution in [3.05, 3.63) is 52.2 Å². The summed E-state index contributed by atoms with van der Waals surface area (Å²) in [6, 6.07) is 11.0. The van der Waals surface area contributed by atoms with E-state index in [1.165, 1.54) is 4.88 Å². The number of likely N-dealkylation sites (N-methyl/N-ethyl adjacent to an activating group) is 1. The summed E-state index contributed by atoms with van der Waals surface area (Å²) < 4.78 is 28.7. The molecule has 1 aromatic heterocycles. The molecule has 148 valence electrons. The van der Waals surface area contributed by atoms with Gasteiger partial charge in [0, 0.05) is 37.1 Å². The molecule has 7 heteroatoms. The van der Waals surface area contributed by atoms with Crippen LogP contribution in [0.25, 0.3) is 0 Å². The Hall–Kier alpha value is -1.25. The Balaban J connectivity index is 1.79. The van der Waals surface area contributed by atoms with Crippen molar-refractivity contribution < 1.29 is 8.42 Å². The van der Waals surface area contributed by atoms with Crippen LogP contribution in [0, 0.1) is 6.92 Å². The van der Waals surface area contributed by atoms with Crippen molar-refractivity contribution in [2.45, 2.75) is 37.8 Å². The van der Waals surface area contributed by atoms with Crippen molar-refractivity contribution in [3.8, 4) is 0 Å². The van der Waals surface area contributed by atoms with Gasteiger partial charge in [0.1, 0.15) is 0 Å². The van der Waals surface area contributed by atoms with Gasteiger partial charge < -0.3 is 4.90 Å². The Kier molecular flexibility index (Phi) is 6.70. The van der Waals surface area contributed by atoms with Gasteiger partial charge in [-0.2, -0.15) is 0 Å². The lowest BCUT2D eigenvalue weighted by Crippen LogP contribution is -2.52. The number of sulfonamides is 1. The molecule has 1 aromatic carbocycles. The largest absolute Gasteiger partial charge is 0.301 e. The maximum absolute atomic E-state index is 12.9. The van der Waals surface area contributed by atoms with Crippen LogP contribution in [0.2, 0.25) is 0 Å². The molecule has 0 aliphatic carbocycles. The van der Waals surface area contributed by atoms with E-state index >= 15 is 0 Å². The molecule has 0 spiro atoms. The number of hydrogen-bond donors (Lipinski definition) is 1. The molecule has 0 bridgehead atoms. The number of hydrogen-bond acceptors (Lipinski definition) is 5. The number of benzene rings is 1. The quantitative estimate of drug-likeness (QED) is 0.766. The fourth-order valence-corrected chi connectivity index (χ4v) is 5.87. The smallest absolute Gasteiger partial charge is 0.240 e. The van der Waals surface area contributed by atoms with Crippen molar-refractivity contribution in [2.24, 2.45) is 0 Å². The Bertz CT molecular complexity index is 811. The molecule has 1 aliphatic heterocycles. The first-order valence-electron chi connectivity index (χ1n) is 9.49. The molecule has 0 radical (unpaired) electrons. The minimum Gasteiger partial charge on any atom is -0.301 e. The van der Waals surface area contributed by atoms with Gasteiger partial charge in [-0.25, -0.2) is 13.1 Å². The Morgan fingerprint density at radius 2 is 1.78 bits per heavy atom. The minimum atomic E-state index is -3.55. The Morgan fingerprint density at radius 3 is 2.33 bits per heavy atom. The van der Waals surface area contributed by atoms with Crippen LogP contribution in [0.4, 0.5) is 0 Å². The zero-order chi connectivity index (χ0) is 19.4. The first-order chi connectivity index (χ1) is 12.9. The van der Waals surface area contributed by atoms with Crippen molar-refractivity contribution >= 4 is 21.4 Å². The SMILES string of the molecule is CCN1CCN(C(c2cccs2)C(C)NS(=O)(=O)c2ccc(C)cc2)CC1. The molecule has 3 rings (SSSR count). The van der Waals surface area contributed by atoms with Crippen LogP contribution in [0.1, 0.15) is 30.3 Å². The van der Waals surface area contributed by atoms with E-state index in [1.807, 2.05) is 32.0 Å². The molecule has 2 heterocycles. The molecule has 0 saturated carbocycles. The van der Waals surface area contributed by atoms with E-state index in [-0.39, 0.29) is 12.1 Å². The molecule has 5 nitrogen and oxygen atoms in total. The summed E-state index contributed by atoms with van der Waals surface area (Å²) in [6.07, 6.45) is 0. The summed E-state index contributed by atoms with van der Waals surface area (Å²) >= 11 is 1.69. The Labute approximate surface area is 167 Å². The van der Waals surface area contributed by atoms with Crippen LogP contribution in [0.5, 0.6) is 0 Å². The number of nitrogens with zero attached hydrogens (tertiary/aromatic N) is 2. The van der Waals surface area contributed by atoms with Crippen LogP contribution in [-0.4, -0.2) is 57.0 Å². The molecule has 1 N–H and O–H groups in total. The van der Waals surface area contributed by atoms with Crippen molar-refractivity contribution in [3.63, 3.8) is 0 Å². The number of piperazine rings is 1. The third-order valence-corrected chi connectivity index (χ3v) is 7.75. The first-order valence-corrected chi connectivity index (χ1v) is 11.9. The average Bonchev–Trinajstić information content (AvgIpc) is 3.16. The summed E-state index contributed by atoms with van der Waals surface area (Å²) in [5, 5.41) is 2.06. The normalized spacial score (nSPS) is 19.1. The second-order valence-corrected chi connectivity index (χ2v) is 9.85. The van der Waals surface area contributed by atoms with Gasteiger partial charge in [-0.1, -0.05) is 30.7 Å². The molecule has 2 aromatic rings. The fraction of sp³-hybridized carbons (Fsp3) is 0.500. The van der Waals surface area contributed by atoms with Gasteiger partial charge in [0.15, 0.2) is 0 Å². The van der Waals surface area contributed by atoms with E-state index in [4.69, 9.17) is 0 Å². The molecule has 1 aliphatic rings. The van der Waals surface area contributed by atoms with Crippen LogP contribution in [0.15, 0.2) is 46.7 Å². The van der Waals surface area contributed by atoms with Gasteiger partial charge in [-0.3, -0.25) is 4.90 Å². The molecule has 27 heavy (non-hydrogen) atoms. The third kappa shape index (κ3) is 4.97. The van der Waals surface area contributed by atoms with Gasteiger partial charge in [0.05, 0.1) is 10.9 Å². The maximum atomic E-state index is 12.9. The van der Waals surface area contributed by atoms with Gasteiger partial charge in [0.2, 0.25) is 10.0 Å². The van der Waals surface area contributed by atoms with E-state index in [0.29, 0.717) is 4.90 Å². The number of thiophene rings is 1. The highest BCUT2D eigenvalue weighted by Gasteiger charge is 2.32. The first kappa shape index (κ1) is 20.5. The number of rotatable bonds is 7. The van der Waals surface area contributed by atoms with Crippen molar-refractivity contribution in [1.82, 2.24) is 14.5 Å². The lowest BCUT2D eigenvalue weighted by atomic mass is 10.1. The minimum absolute atomic E-state index is 0.0456. The van der Waals surface area contributed by atoms with Gasteiger partial charge in [-0.15, -0.1) is 11.3 Å². The highest BCUT2D eigenvalue weighted by molar-refractivity contribution is 7.89. The van der Waals surface area contributed by atoms with E-state index < -0.39 is 10.0 Å². The van der Waals surface area contributed by atoms with Crippen LogP contribution in [0.3, 0.4) is 0 Å². The molecule has 2 atom stereocenters. The molecular formula is C20H29N3O2S2. The van der Waals surface area contributed by atoms with Crippen molar-refractivity contribution in [2.75, 3.05) is 32.7 Å². The monoisotopic (exact) mass is 407 g/mol. The predicted octanol–water partition coefficient (Wildman–Crippen LogP) is 3.10. The number of nitrogens with one attached hydrogen (secondary N) is 1. The topological polar surface area (TPSA) is 52.6 Å². The van der Waals surface area contributed by atoms with E-state index in [2.05, 4.69) is 32.9 Å². The Morgan fingerprint density at radius 1 is 1.11 bits per heavy atom. The van der Waals surface area contributed by atoms with E-state index in [1.54, 1.807) is 23.5 Å². The lowest BCUT2D eigenvalue weighted by molar-refractivity contribution is 0.0888. The summed E-state index contributed by atoms with van der Waals surface area (Å²) in [7, 11) is -3.55. The van der Waals surface area contributed by atoms with Crippen LogP contribution >= 0.6 is 11.3 Å².